The van der Waals surface area contributed by atoms with Crippen LogP contribution < -0.4 is 5.32 Å². The Morgan fingerprint density at radius 2 is 2.22 bits per heavy atom. The maximum atomic E-state index is 3.29. The van der Waals surface area contributed by atoms with Crippen LogP contribution >= 0.6 is 0 Å². The van der Waals surface area contributed by atoms with E-state index in [0.717, 1.165) is 6.42 Å². The smallest absolute Gasteiger partial charge is 0.0312 e. The van der Waals surface area contributed by atoms with Crippen LogP contribution in [0.25, 0.3) is 0 Å². The van der Waals surface area contributed by atoms with Gasteiger partial charge in [0.2, 0.25) is 0 Å². The average molecular weight is 124 g/mol. The molecular formula is C8H14N. The lowest BCUT2D eigenvalue weighted by molar-refractivity contribution is 0.496. The molecule has 0 aromatic rings. The lowest BCUT2D eigenvalue weighted by Gasteiger charge is -2.27. The molecule has 0 bridgehead atoms. The van der Waals surface area contributed by atoms with Crippen LogP contribution in [0, 0.1) is 6.54 Å². The highest BCUT2D eigenvalue weighted by Crippen LogP contribution is 2.17. The van der Waals surface area contributed by atoms with E-state index in [4.69, 9.17) is 0 Å². The van der Waals surface area contributed by atoms with E-state index in [-0.39, 0.29) is 5.54 Å². The Kier molecular flexibility index (Phi) is 1.62. The van der Waals surface area contributed by atoms with Gasteiger partial charge in [-0.3, -0.25) is 0 Å². The van der Waals surface area contributed by atoms with Gasteiger partial charge in [-0.15, -0.1) is 0 Å². The van der Waals surface area contributed by atoms with Crippen molar-refractivity contribution < 1.29 is 0 Å². The largest absolute Gasteiger partial charge is 0.304 e. The van der Waals surface area contributed by atoms with Crippen LogP contribution in [-0.4, -0.2) is 5.54 Å². The van der Waals surface area contributed by atoms with E-state index in [1.807, 2.05) is 0 Å². The number of nitrogens with one attached hydrogen (secondary N) is 1. The Morgan fingerprint density at radius 1 is 1.56 bits per heavy atom. The van der Waals surface area contributed by atoms with Gasteiger partial charge in [0, 0.05) is 12.1 Å². The molecule has 0 aromatic heterocycles. The lowest BCUT2D eigenvalue weighted by atomic mass is 9.96. The summed E-state index contributed by atoms with van der Waals surface area (Å²) in [5, 5.41) is 3.29. The molecule has 0 spiro atoms. The Labute approximate surface area is 57.1 Å². The molecule has 1 rings (SSSR count). The van der Waals surface area contributed by atoms with Crippen LogP contribution in [0.2, 0.25) is 0 Å². The summed E-state index contributed by atoms with van der Waals surface area (Å²) in [5.41, 5.74) is 1.64. The van der Waals surface area contributed by atoms with Crippen molar-refractivity contribution in [3.8, 4) is 0 Å². The number of hydrogen-bond donors (Lipinski definition) is 1. The fourth-order valence-electron chi connectivity index (χ4n) is 1.19. The van der Waals surface area contributed by atoms with E-state index in [1.54, 1.807) is 0 Å². The van der Waals surface area contributed by atoms with Gasteiger partial charge in [-0.2, -0.15) is 0 Å². The van der Waals surface area contributed by atoms with Crippen molar-refractivity contribution >= 4 is 0 Å². The summed E-state index contributed by atoms with van der Waals surface area (Å²) >= 11 is 0. The molecule has 1 heterocycles. The van der Waals surface area contributed by atoms with E-state index in [9.17, 15) is 0 Å². The molecular weight excluding hydrogens is 110 g/mol. The molecule has 0 atom stereocenters. The zero-order valence-corrected chi connectivity index (χ0v) is 6.36. The third kappa shape index (κ3) is 1.83. The predicted octanol–water partition coefficient (Wildman–Crippen LogP) is 1.87. The minimum absolute atomic E-state index is 0.183. The topological polar surface area (TPSA) is 12.0 Å². The molecule has 0 amide bonds. The third-order valence-corrected chi connectivity index (χ3v) is 1.51. The van der Waals surface area contributed by atoms with Crippen molar-refractivity contribution in [3.63, 3.8) is 0 Å². The Balaban J connectivity index is 2.68. The monoisotopic (exact) mass is 124 g/mol. The highest BCUT2D eigenvalue weighted by atomic mass is 14.9. The van der Waals surface area contributed by atoms with Crippen LogP contribution in [0.4, 0.5) is 0 Å². The second kappa shape index (κ2) is 2.14. The molecule has 51 valence electrons. The van der Waals surface area contributed by atoms with Gasteiger partial charge in [-0.25, -0.2) is 0 Å². The molecule has 0 aliphatic carbocycles. The Bertz CT molecular complexity index is 134. The second-order valence-electron chi connectivity index (χ2n) is 3.26. The van der Waals surface area contributed by atoms with E-state index >= 15 is 0 Å². The molecule has 0 unspecified atom stereocenters. The van der Waals surface area contributed by atoms with Crippen molar-refractivity contribution in [2.24, 2.45) is 0 Å². The maximum absolute atomic E-state index is 3.29. The molecule has 1 aliphatic heterocycles. The first-order valence-corrected chi connectivity index (χ1v) is 3.38. The lowest BCUT2D eigenvalue weighted by Crippen LogP contribution is -2.38. The van der Waals surface area contributed by atoms with Gasteiger partial charge >= 0.3 is 0 Å². The van der Waals surface area contributed by atoms with Crippen LogP contribution in [0.15, 0.2) is 11.6 Å². The summed E-state index contributed by atoms with van der Waals surface area (Å²) in [6, 6.07) is 0. The van der Waals surface area contributed by atoms with Crippen LogP contribution in [0.1, 0.15) is 27.2 Å². The molecule has 0 aromatic carbocycles. The molecule has 1 nitrogen and oxygen atoms in total. The molecule has 9 heavy (non-hydrogen) atoms. The average Bonchev–Trinajstić information content (AvgIpc) is 1.60. The summed E-state index contributed by atoms with van der Waals surface area (Å²) in [5.74, 6) is 0. The van der Waals surface area contributed by atoms with Crippen LogP contribution in [-0.2, 0) is 0 Å². The fourth-order valence-corrected chi connectivity index (χ4v) is 1.19. The fraction of sp³-hybridized carbons (Fsp3) is 0.625. The van der Waals surface area contributed by atoms with Gasteiger partial charge in [0.25, 0.3) is 0 Å². The highest BCUT2D eigenvalue weighted by molar-refractivity contribution is 5.16. The van der Waals surface area contributed by atoms with E-state index < -0.39 is 0 Å². The third-order valence-electron chi connectivity index (χ3n) is 1.51. The highest BCUT2D eigenvalue weighted by Gasteiger charge is 2.16. The Morgan fingerprint density at radius 3 is 2.56 bits per heavy atom. The second-order valence-corrected chi connectivity index (χ2v) is 3.26. The normalized spacial score (nSPS) is 25.4. The first kappa shape index (κ1) is 6.81. The molecule has 1 radical (unpaired) electrons. The molecule has 1 aliphatic rings. The summed E-state index contributed by atoms with van der Waals surface area (Å²) in [4.78, 5) is 0. The quantitative estimate of drug-likeness (QED) is 0.486. The zero-order valence-electron chi connectivity index (χ0n) is 6.36. The van der Waals surface area contributed by atoms with Crippen molar-refractivity contribution in [3.05, 3.63) is 18.2 Å². The van der Waals surface area contributed by atoms with Gasteiger partial charge < -0.3 is 5.32 Å². The Hall–Kier alpha value is -0.300. The van der Waals surface area contributed by atoms with Crippen molar-refractivity contribution in [2.75, 3.05) is 0 Å². The number of rotatable bonds is 0. The van der Waals surface area contributed by atoms with Gasteiger partial charge in [0.05, 0.1) is 0 Å². The SMILES string of the molecule is CC1=CC(C)(C)N[CH]C1. The van der Waals surface area contributed by atoms with Crippen molar-refractivity contribution in [1.29, 1.82) is 0 Å². The summed E-state index contributed by atoms with van der Waals surface area (Å²) in [6.45, 7) is 8.63. The summed E-state index contributed by atoms with van der Waals surface area (Å²) in [6.07, 6.45) is 3.36. The van der Waals surface area contributed by atoms with Gasteiger partial charge in [-0.05, 0) is 27.2 Å². The zero-order chi connectivity index (χ0) is 6.91. The standard InChI is InChI=1S/C8H14N/c1-7-4-5-9-8(2,3)6-7/h5-6,9H,4H2,1-3H3. The van der Waals surface area contributed by atoms with Crippen molar-refractivity contribution in [2.45, 2.75) is 32.7 Å². The van der Waals surface area contributed by atoms with Gasteiger partial charge in [0.15, 0.2) is 0 Å². The predicted molar refractivity (Wildman–Crippen MR) is 39.9 cm³/mol. The van der Waals surface area contributed by atoms with Crippen LogP contribution in [0.5, 0.6) is 0 Å². The summed E-state index contributed by atoms with van der Waals surface area (Å²) in [7, 11) is 0. The van der Waals surface area contributed by atoms with Gasteiger partial charge in [0.1, 0.15) is 0 Å². The molecule has 1 N–H and O–H groups in total. The summed E-state index contributed by atoms with van der Waals surface area (Å²) < 4.78 is 0. The van der Waals surface area contributed by atoms with E-state index in [2.05, 4.69) is 38.7 Å². The minimum Gasteiger partial charge on any atom is -0.304 e. The number of hydrogen-bond acceptors (Lipinski definition) is 1. The minimum atomic E-state index is 0.183. The molecule has 0 saturated carbocycles. The molecule has 1 heteroatoms. The maximum Gasteiger partial charge on any atom is 0.0312 e. The van der Waals surface area contributed by atoms with Crippen LogP contribution in [0.3, 0.4) is 0 Å². The molecule has 0 fully saturated rings. The molecule has 0 saturated heterocycles. The first-order chi connectivity index (χ1) is 4.10. The van der Waals surface area contributed by atoms with Gasteiger partial charge in [-0.1, -0.05) is 11.6 Å². The van der Waals surface area contributed by atoms with Crippen molar-refractivity contribution in [1.82, 2.24) is 5.32 Å². The van der Waals surface area contributed by atoms with E-state index in [0.29, 0.717) is 0 Å². The first-order valence-electron chi connectivity index (χ1n) is 3.38. The van der Waals surface area contributed by atoms with E-state index in [1.165, 1.54) is 5.57 Å².